The number of aryl methyl sites for hydroxylation is 2. The molecule has 0 saturated carbocycles. The first-order valence-corrected chi connectivity index (χ1v) is 8.26. The van der Waals surface area contributed by atoms with Crippen molar-refractivity contribution in [2.75, 3.05) is 37.7 Å². The van der Waals surface area contributed by atoms with Crippen LogP contribution in [0.5, 0.6) is 5.75 Å². The van der Waals surface area contributed by atoms with Crippen LogP contribution < -0.4 is 9.64 Å². The topological polar surface area (TPSA) is 45.7 Å². The number of carbonyl (C=O) groups is 1. The molecule has 3 rings (SSSR count). The summed E-state index contributed by atoms with van der Waals surface area (Å²) in [5.41, 5.74) is 3.34. The molecule has 1 aliphatic rings. The number of hydrogen-bond acceptors (Lipinski definition) is 4. The Labute approximate surface area is 142 Å². The molecule has 1 saturated heterocycles. The van der Waals surface area contributed by atoms with Crippen molar-refractivity contribution in [2.24, 2.45) is 0 Å². The molecule has 0 aliphatic carbocycles. The fourth-order valence-corrected chi connectivity index (χ4v) is 2.86. The van der Waals surface area contributed by atoms with Gasteiger partial charge in [0, 0.05) is 44.3 Å². The number of hydrogen-bond donors (Lipinski definition) is 0. The predicted octanol–water partition coefficient (Wildman–Crippen LogP) is 2.43. The quantitative estimate of drug-likeness (QED) is 0.866. The van der Waals surface area contributed by atoms with E-state index in [1.165, 1.54) is 0 Å². The van der Waals surface area contributed by atoms with Gasteiger partial charge in [-0.25, -0.2) is 0 Å². The van der Waals surface area contributed by atoms with E-state index in [4.69, 9.17) is 4.74 Å². The molecule has 0 bridgehead atoms. The predicted molar refractivity (Wildman–Crippen MR) is 94.4 cm³/mol. The summed E-state index contributed by atoms with van der Waals surface area (Å²) in [6, 6.07) is 10.0. The van der Waals surface area contributed by atoms with E-state index in [-0.39, 0.29) is 12.5 Å². The average molecular weight is 325 g/mol. The Hall–Kier alpha value is -2.56. The van der Waals surface area contributed by atoms with Crippen LogP contribution in [0.2, 0.25) is 0 Å². The number of nitrogens with zero attached hydrogens (tertiary/aromatic N) is 3. The maximum atomic E-state index is 12.4. The lowest BCUT2D eigenvalue weighted by Crippen LogP contribution is -2.50. The first-order valence-electron chi connectivity index (χ1n) is 8.26. The summed E-state index contributed by atoms with van der Waals surface area (Å²) in [4.78, 5) is 20.6. The van der Waals surface area contributed by atoms with Gasteiger partial charge in [-0.1, -0.05) is 12.1 Å². The third kappa shape index (κ3) is 3.85. The Morgan fingerprint density at radius 3 is 2.50 bits per heavy atom. The van der Waals surface area contributed by atoms with Gasteiger partial charge in [0.2, 0.25) is 0 Å². The molecule has 126 valence electrons. The molecular weight excluding hydrogens is 302 g/mol. The van der Waals surface area contributed by atoms with Crippen LogP contribution >= 0.6 is 0 Å². The number of benzene rings is 1. The van der Waals surface area contributed by atoms with Crippen LogP contribution in [0.3, 0.4) is 0 Å². The van der Waals surface area contributed by atoms with E-state index in [0.29, 0.717) is 0 Å². The summed E-state index contributed by atoms with van der Waals surface area (Å²) < 4.78 is 5.73. The zero-order valence-corrected chi connectivity index (χ0v) is 14.2. The van der Waals surface area contributed by atoms with Gasteiger partial charge < -0.3 is 14.5 Å². The highest BCUT2D eigenvalue weighted by Crippen LogP contribution is 2.19. The molecule has 1 aromatic carbocycles. The summed E-state index contributed by atoms with van der Waals surface area (Å²) in [6.45, 7) is 7.21. The molecule has 1 aliphatic heterocycles. The van der Waals surface area contributed by atoms with Crippen LogP contribution in [0.4, 0.5) is 5.69 Å². The summed E-state index contributed by atoms with van der Waals surface area (Å²) in [5, 5.41) is 0. The Kier molecular flexibility index (Phi) is 4.99. The van der Waals surface area contributed by atoms with Gasteiger partial charge in [0.1, 0.15) is 5.75 Å². The number of anilines is 1. The van der Waals surface area contributed by atoms with Crippen molar-refractivity contribution in [2.45, 2.75) is 13.8 Å². The molecule has 2 heterocycles. The molecule has 0 N–H and O–H groups in total. The lowest BCUT2D eigenvalue weighted by atomic mass is 10.1. The van der Waals surface area contributed by atoms with Crippen LogP contribution in [0.25, 0.3) is 0 Å². The number of piperazine rings is 1. The number of aromatic nitrogens is 1. The minimum atomic E-state index is 0.0466. The Morgan fingerprint density at radius 1 is 1.08 bits per heavy atom. The lowest BCUT2D eigenvalue weighted by molar-refractivity contribution is -0.133. The molecule has 0 spiro atoms. The fraction of sp³-hybridized carbons (Fsp3) is 0.368. The maximum absolute atomic E-state index is 12.4. The molecule has 24 heavy (non-hydrogen) atoms. The van der Waals surface area contributed by atoms with Crippen molar-refractivity contribution >= 4 is 11.6 Å². The first-order chi connectivity index (χ1) is 11.6. The van der Waals surface area contributed by atoms with E-state index in [0.717, 1.165) is 48.7 Å². The second-order valence-electron chi connectivity index (χ2n) is 6.13. The Balaban J connectivity index is 1.51. The summed E-state index contributed by atoms with van der Waals surface area (Å²) in [5.74, 6) is 0.837. The molecule has 2 aromatic rings. The van der Waals surface area contributed by atoms with Gasteiger partial charge in [0.15, 0.2) is 6.61 Å². The van der Waals surface area contributed by atoms with Gasteiger partial charge in [-0.15, -0.1) is 0 Å². The van der Waals surface area contributed by atoms with Gasteiger partial charge in [-0.05, 0) is 43.2 Å². The third-order valence-corrected chi connectivity index (χ3v) is 4.36. The van der Waals surface area contributed by atoms with E-state index < -0.39 is 0 Å². The van der Waals surface area contributed by atoms with E-state index >= 15 is 0 Å². The second-order valence-corrected chi connectivity index (χ2v) is 6.13. The van der Waals surface area contributed by atoms with Crippen LogP contribution in [-0.4, -0.2) is 48.6 Å². The van der Waals surface area contributed by atoms with Crippen LogP contribution in [0.1, 0.15) is 11.1 Å². The van der Waals surface area contributed by atoms with Gasteiger partial charge in [-0.3, -0.25) is 9.78 Å². The largest absolute Gasteiger partial charge is 0.483 e. The highest BCUT2D eigenvalue weighted by atomic mass is 16.5. The maximum Gasteiger partial charge on any atom is 0.260 e. The molecule has 1 fully saturated rings. The lowest BCUT2D eigenvalue weighted by Gasteiger charge is -2.36. The number of carbonyl (C=O) groups excluding carboxylic acids is 1. The van der Waals surface area contributed by atoms with Crippen molar-refractivity contribution in [1.29, 1.82) is 0 Å². The van der Waals surface area contributed by atoms with Crippen molar-refractivity contribution in [3.05, 3.63) is 53.9 Å². The van der Waals surface area contributed by atoms with Crippen molar-refractivity contribution in [1.82, 2.24) is 9.88 Å². The highest BCUT2D eigenvalue weighted by molar-refractivity contribution is 5.78. The molecular formula is C19H23N3O2. The number of ether oxygens (including phenoxy) is 1. The Bertz CT molecular complexity index is 695. The van der Waals surface area contributed by atoms with Crippen LogP contribution in [0.15, 0.2) is 42.7 Å². The monoisotopic (exact) mass is 325 g/mol. The molecule has 0 radical (unpaired) electrons. The molecule has 0 unspecified atom stereocenters. The van der Waals surface area contributed by atoms with E-state index in [9.17, 15) is 4.79 Å². The first kappa shape index (κ1) is 16.3. The molecule has 5 heteroatoms. The minimum Gasteiger partial charge on any atom is -0.483 e. The zero-order chi connectivity index (χ0) is 16.9. The van der Waals surface area contributed by atoms with Crippen molar-refractivity contribution in [3.8, 4) is 5.75 Å². The third-order valence-electron chi connectivity index (χ3n) is 4.36. The van der Waals surface area contributed by atoms with E-state index in [1.54, 1.807) is 12.4 Å². The van der Waals surface area contributed by atoms with Crippen LogP contribution in [0, 0.1) is 13.8 Å². The summed E-state index contributed by atoms with van der Waals surface area (Å²) in [6.07, 6.45) is 3.59. The molecule has 1 aromatic heterocycles. The molecule has 5 nitrogen and oxygen atoms in total. The highest BCUT2D eigenvalue weighted by Gasteiger charge is 2.21. The second kappa shape index (κ2) is 7.34. The van der Waals surface area contributed by atoms with E-state index in [2.05, 4.69) is 9.88 Å². The Morgan fingerprint density at radius 2 is 1.79 bits per heavy atom. The number of amides is 1. The van der Waals surface area contributed by atoms with Crippen LogP contribution in [-0.2, 0) is 4.79 Å². The zero-order valence-electron chi connectivity index (χ0n) is 14.2. The number of pyridine rings is 1. The van der Waals surface area contributed by atoms with Gasteiger partial charge >= 0.3 is 0 Å². The smallest absolute Gasteiger partial charge is 0.260 e. The van der Waals surface area contributed by atoms with E-state index in [1.807, 2.05) is 49.1 Å². The SMILES string of the molecule is Cc1ccc(C)c(OCC(=O)N2CCN(c3ccncc3)CC2)c1. The fourth-order valence-electron chi connectivity index (χ4n) is 2.86. The van der Waals surface area contributed by atoms with Crippen molar-refractivity contribution in [3.63, 3.8) is 0 Å². The van der Waals surface area contributed by atoms with Gasteiger partial charge in [-0.2, -0.15) is 0 Å². The van der Waals surface area contributed by atoms with Gasteiger partial charge in [0.25, 0.3) is 5.91 Å². The average Bonchev–Trinajstić information content (AvgIpc) is 2.63. The van der Waals surface area contributed by atoms with Crippen molar-refractivity contribution < 1.29 is 9.53 Å². The molecule has 1 amide bonds. The summed E-state index contributed by atoms with van der Waals surface area (Å²) in [7, 11) is 0. The standard InChI is InChI=1S/C19H23N3O2/c1-15-3-4-16(2)18(13-15)24-14-19(23)22-11-9-21(10-12-22)17-5-7-20-8-6-17/h3-8,13H,9-12,14H2,1-2H3. The van der Waals surface area contributed by atoms with Gasteiger partial charge in [0.05, 0.1) is 0 Å². The number of rotatable bonds is 4. The normalized spacial score (nSPS) is 14.6. The minimum absolute atomic E-state index is 0.0466. The summed E-state index contributed by atoms with van der Waals surface area (Å²) >= 11 is 0. The molecule has 0 atom stereocenters.